The highest BCUT2D eigenvalue weighted by Gasteiger charge is 2.33. The van der Waals surface area contributed by atoms with Gasteiger partial charge in [-0.3, -0.25) is 4.79 Å². The summed E-state index contributed by atoms with van der Waals surface area (Å²) in [5.41, 5.74) is 3.76. The molecule has 12 nitrogen and oxygen atoms in total. The first-order chi connectivity index (χ1) is 24.1. The molecule has 0 radical (unpaired) electrons. The number of para-hydroxylation sites is 1. The maximum absolute atomic E-state index is 13.8. The van der Waals surface area contributed by atoms with Crippen LogP contribution in [0.5, 0.6) is 0 Å². The molecule has 13 heteroatoms. The van der Waals surface area contributed by atoms with Gasteiger partial charge in [-0.25, -0.2) is 19.6 Å². The number of urea groups is 1. The summed E-state index contributed by atoms with van der Waals surface area (Å²) in [6.07, 6.45) is 5.39. The first kappa shape index (κ1) is 33.6. The molecule has 2 aromatic heterocycles. The summed E-state index contributed by atoms with van der Waals surface area (Å²) in [6.45, 7) is 9.59. The number of hydrogen-bond acceptors (Lipinski definition) is 7. The number of fused-ring (bicyclic) bond motifs is 2. The number of benzene rings is 2. The third-order valence-corrected chi connectivity index (χ3v) is 10.1. The molecule has 0 aliphatic carbocycles. The van der Waals surface area contributed by atoms with E-state index < -0.39 is 5.60 Å². The van der Waals surface area contributed by atoms with Crippen molar-refractivity contribution in [1.29, 1.82) is 0 Å². The smallest absolute Gasteiger partial charge is 0.410 e. The largest absolute Gasteiger partial charge is 0.444 e. The number of nitrogens with zero attached hydrogens (tertiary/aromatic N) is 7. The van der Waals surface area contributed by atoms with Gasteiger partial charge in [0.1, 0.15) is 29.9 Å². The van der Waals surface area contributed by atoms with Crippen molar-refractivity contribution < 1.29 is 19.1 Å². The average molecular weight is 699 g/mol. The minimum atomic E-state index is -0.566. The van der Waals surface area contributed by atoms with Crippen LogP contribution in [0.2, 0.25) is 5.02 Å². The van der Waals surface area contributed by atoms with Gasteiger partial charge in [0, 0.05) is 79.9 Å². The molecule has 5 heterocycles. The summed E-state index contributed by atoms with van der Waals surface area (Å²) in [4.78, 5) is 56.8. The normalized spacial score (nSPS) is 17.4. The van der Waals surface area contributed by atoms with E-state index in [1.165, 1.54) is 6.33 Å². The van der Waals surface area contributed by atoms with Crippen LogP contribution in [0.15, 0.2) is 61.1 Å². The summed E-state index contributed by atoms with van der Waals surface area (Å²) in [5, 5.41) is 4.47. The zero-order chi connectivity index (χ0) is 35.0. The molecule has 0 atom stereocenters. The number of piperazine rings is 1. The fourth-order valence-corrected chi connectivity index (χ4v) is 7.43. The summed E-state index contributed by atoms with van der Waals surface area (Å²) >= 11 is 6.74. The molecule has 0 unspecified atom stereocenters. The van der Waals surface area contributed by atoms with E-state index in [-0.39, 0.29) is 30.6 Å². The lowest BCUT2D eigenvalue weighted by molar-refractivity contribution is -0.133. The number of nitrogens with one attached hydrogen (secondary N) is 1. The predicted molar refractivity (Wildman–Crippen MR) is 193 cm³/mol. The lowest BCUT2D eigenvalue weighted by Crippen LogP contribution is -2.50. The Hall–Kier alpha value is -4.84. The van der Waals surface area contributed by atoms with Crippen LogP contribution in [0.1, 0.15) is 39.2 Å². The Bertz CT molecular complexity index is 1910. The van der Waals surface area contributed by atoms with Crippen LogP contribution < -0.4 is 10.2 Å². The van der Waals surface area contributed by atoms with Crippen molar-refractivity contribution in [3.8, 4) is 11.1 Å². The monoisotopic (exact) mass is 698 g/mol. The summed E-state index contributed by atoms with van der Waals surface area (Å²) in [5.74, 6) is 0.726. The van der Waals surface area contributed by atoms with E-state index in [2.05, 4.69) is 21.3 Å². The van der Waals surface area contributed by atoms with Gasteiger partial charge in [-0.1, -0.05) is 48.0 Å². The van der Waals surface area contributed by atoms with Gasteiger partial charge in [0.15, 0.2) is 0 Å². The standard InChI is InChI=1S/C37H43ClN8O4/c1-37(2,3)50-36(49)44-20-18-43(19-21-44)33-32-28(27-9-5-6-10-29(27)38)22-45(34(32)40-24-39-33)23-31(47)42-15-13-26(14-16-42)46-17-12-25-8-4-7-11-30(25)41-35(46)48/h4-11,22,24,26H,12-21,23H2,1-3H3,(H,41,48). The molecule has 7 rings (SSSR count). The number of hydrogen-bond donors (Lipinski definition) is 1. The number of piperidine rings is 1. The predicted octanol–water partition coefficient (Wildman–Crippen LogP) is 5.89. The molecule has 2 fully saturated rings. The Labute approximate surface area is 296 Å². The average Bonchev–Trinajstić information content (AvgIpc) is 3.37. The molecule has 0 spiro atoms. The Kier molecular flexibility index (Phi) is 9.30. The Morgan fingerprint density at radius 1 is 0.900 bits per heavy atom. The molecule has 3 aliphatic heterocycles. The van der Waals surface area contributed by atoms with Gasteiger partial charge in [0.05, 0.1) is 5.39 Å². The van der Waals surface area contributed by atoms with E-state index >= 15 is 0 Å². The summed E-state index contributed by atoms with van der Waals surface area (Å²) < 4.78 is 7.49. The second-order valence-electron chi connectivity index (χ2n) is 14.1. The maximum Gasteiger partial charge on any atom is 0.410 e. The molecule has 0 bridgehead atoms. The van der Waals surface area contributed by atoms with Gasteiger partial charge in [-0.2, -0.15) is 0 Å². The first-order valence-corrected chi connectivity index (χ1v) is 17.7. The third kappa shape index (κ3) is 6.94. The van der Waals surface area contributed by atoms with E-state index in [1.54, 1.807) is 4.90 Å². The topological polar surface area (TPSA) is 116 Å². The van der Waals surface area contributed by atoms with Gasteiger partial charge in [0.2, 0.25) is 5.91 Å². The Balaban J connectivity index is 1.08. The summed E-state index contributed by atoms with van der Waals surface area (Å²) in [7, 11) is 0. The van der Waals surface area contributed by atoms with Crippen molar-refractivity contribution in [2.75, 3.05) is 56.0 Å². The molecule has 3 aliphatic rings. The maximum atomic E-state index is 13.8. The number of ether oxygens (including phenoxy) is 1. The van der Waals surface area contributed by atoms with Crippen LogP contribution in [-0.2, 0) is 22.5 Å². The fraction of sp³-hybridized carbons (Fsp3) is 0.432. The van der Waals surface area contributed by atoms with E-state index in [9.17, 15) is 14.4 Å². The number of anilines is 2. The zero-order valence-corrected chi connectivity index (χ0v) is 29.5. The number of halogens is 1. The van der Waals surface area contributed by atoms with Crippen molar-refractivity contribution in [3.63, 3.8) is 0 Å². The molecule has 50 heavy (non-hydrogen) atoms. The van der Waals surface area contributed by atoms with E-state index in [0.29, 0.717) is 69.3 Å². The highest BCUT2D eigenvalue weighted by atomic mass is 35.5. The lowest BCUT2D eigenvalue weighted by Gasteiger charge is -2.38. The van der Waals surface area contributed by atoms with Crippen LogP contribution >= 0.6 is 11.6 Å². The SMILES string of the molecule is CC(C)(C)OC(=O)N1CCN(c2ncnc3c2c(-c2ccccc2Cl)cn3CC(=O)N2CCC(N3CCc4ccccc4NC3=O)CC2)CC1. The Morgan fingerprint density at radius 2 is 1.62 bits per heavy atom. The number of carbonyl (C=O) groups is 3. The second-order valence-corrected chi connectivity index (χ2v) is 14.6. The van der Waals surface area contributed by atoms with Crippen LogP contribution in [-0.4, -0.2) is 105 Å². The minimum Gasteiger partial charge on any atom is -0.444 e. The van der Waals surface area contributed by atoms with Gasteiger partial charge in [-0.15, -0.1) is 0 Å². The highest BCUT2D eigenvalue weighted by molar-refractivity contribution is 6.33. The number of amides is 4. The number of aromatic nitrogens is 3. The molecule has 4 aromatic rings. The third-order valence-electron chi connectivity index (χ3n) is 9.73. The zero-order valence-electron chi connectivity index (χ0n) is 28.8. The van der Waals surface area contributed by atoms with Crippen LogP contribution in [0, 0.1) is 0 Å². The van der Waals surface area contributed by atoms with E-state index in [1.807, 2.05) is 83.8 Å². The molecule has 1 N–H and O–H groups in total. The van der Waals surface area contributed by atoms with Crippen molar-refractivity contribution in [2.24, 2.45) is 0 Å². The van der Waals surface area contributed by atoms with Gasteiger partial charge in [0.25, 0.3) is 0 Å². The molecule has 262 valence electrons. The molecular weight excluding hydrogens is 656 g/mol. The molecule has 2 saturated heterocycles. The van der Waals surface area contributed by atoms with Crippen LogP contribution in [0.25, 0.3) is 22.2 Å². The summed E-state index contributed by atoms with van der Waals surface area (Å²) in [6, 6.07) is 15.6. The molecular formula is C37H43ClN8O4. The number of carbonyl (C=O) groups excluding carboxylic acids is 3. The van der Waals surface area contributed by atoms with Gasteiger partial charge < -0.3 is 34.2 Å². The van der Waals surface area contributed by atoms with Crippen molar-refractivity contribution in [3.05, 3.63) is 71.6 Å². The number of likely N-dealkylation sites (tertiary alicyclic amines) is 1. The molecule has 0 saturated carbocycles. The van der Waals surface area contributed by atoms with Crippen molar-refractivity contribution in [2.45, 2.75) is 58.2 Å². The van der Waals surface area contributed by atoms with Gasteiger partial charge >= 0.3 is 12.1 Å². The van der Waals surface area contributed by atoms with Gasteiger partial charge in [-0.05, 0) is 57.7 Å². The minimum absolute atomic E-state index is 0.00933. The van der Waals surface area contributed by atoms with Crippen LogP contribution in [0.4, 0.5) is 21.1 Å². The van der Waals surface area contributed by atoms with Crippen LogP contribution in [0.3, 0.4) is 0 Å². The fourth-order valence-electron chi connectivity index (χ4n) is 7.19. The van der Waals surface area contributed by atoms with Crippen molar-refractivity contribution >= 4 is 52.2 Å². The van der Waals surface area contributed by atoms with Crippen molar-refractivity contribution in [1.82, 2.24) is 29.2 Å². The quantitative estimate of drug-likeness (QED) is 0.276. The highest BCUT2D eigenvalue weighted by Crippen LogP contribution is 2.39. The Morgan fingerprint density at radius 3 is 2.36 bits per heavy atom. The first-order valence-electron chi connectivity index (χ1n) is 17.3. The second kappa shape index (κ2) is 13.8. The van der Waals surface area contributed by atoms with E-state index in [4.69, 9.17) is 21.3 Å². The molecule has 4 amide bonds. The number of rotatable bonds is 5. The lowest BCUT2D eigenvalue weighted by atomic mass is 10.0. The van der Waals surface area contributed by atoms with E-state index in [0.717, 1.165) is 40.0 Å². The molecule has 2 aromatic carbocycles.